The first-order chi connectivity index (χ1) is 29.6. The Labute approximate surface area is 353 Å². The van der Waals surface area contributed by atoms with Crippen LogP contribution in [0.25, 0.3) is 75.5 Å². The second kappa shape index (κ2) is 14.7. The van der Waals surface area contributed by atoms with Crippen LogP contribution in [0, 0.1) is 17.2 Å². The minimum atomic E-state index is 0.215. The fourth-order valence-corrected chi connectivity index (χ4v) is 10.4. The van der Waals surface area contributed by atoms with E-state index in [-0.39, 0.29) is 11.8 Å². The minimum absolute atomic E-state index is 0.215. The molecule has 1 aliphatic rings. The standard InChI is InChI=1S/C56H39N3S/c1-36-30-38(39-26-29-54-51(33-39)47-18-5-7-22-53(47)59(54)44-17-9-12-37(31-44)35-57)24-27-45(36)42-25-28-52(58-43-15-3-2-4-16-43)50(34-42)41-14-10-13-40(32-41)46-20-11-21-49-48-19-6-8-23-55(48)60-56(46)49/h2-34,36,45,58H,1H3. The van der Waals surface area contributed by atoms with E-state index in [1.807, 2.05) is 29.5 Å². The van der Waals surface area contributed by atoms with Crippen molar-refractivity contribution in [1.29, 1.82) is 5.26 Å². The van der Waals surface area contributed by atoms with Gasteiger partial charge in [0.15, 0.2) is 0 Å². The van der Waals surface area contributed by atoms with E-state index < -0.39 is 0 Å². The van der Waals surface area contributed by atoms with Crippen molar-refractivity contribution >= 4 is 70.3 Å². The molecule has 11 rings (SSSR count). The summed E-state index contributed by atoms with van der Waals surface area (Å²) in [5, 5.41) is 18.4. The first kappa shape index (κ1) is 35.7. The predicted octanol–water partition coefficient (Wildman–Crippen LogP) is 15.5. The summed E-state index contributed by atoms with van der Waals surface area (Å²) in [6.07, 6.45) is 7.13. The topological polar surface area (TPSA) is 40.8 Å². The van der Waals surface area contributed by atoms with Crippen molar-refractivity contribution in [2.24, 2.45) is 5.92 Å². The van der Waals surface area contributed by atoms with Crippen molar-refractivity contribution < 1.29 is 0 Å². The van der Waals surface area contributed by atoms with Crippen LogP contribution in [0.1, 0.15) is 29.5 Å². The number of allylic oxidation sites excluding steroid dienone is 4. The summed E-state index contributed by atoms with van der Waals surface area (Å²) in [6.45, 7) is 2.34. The van der Waals surface area contributed by atoms with Crippen molar-refractivity contribution in [2.75, 3.05) is 5.32 Å². The summed E-state index contributed by atoms with van der Waals surface area (Å²) in [7, 11) is 0. The van der Waals surface area contributed by atoms with Crippen LogP contribution in [-0.2, 0) is 0 Å². The fourth-order valence-electron chi connectivity index (χ4n) is 9.20. The Kier molecular flexibility index (Phi) is 8.77. The van der Waals surface area contributed by atoms with Crippen LogP contribution < -0.4 is 5.32 Å². The van der Waals surface area contributed by atoms with Crippen LogP contribution in [-0.4, -0.2) is 4.57 Å². The van der Waals surface area contributed by atoms with E-state index in [9.17, 15) is 5.26 Å². The Morgan fingerprint density at radius 2 is 1.33 bits per heavy atom. The summed E-state index contributed by atoms with van der Waals surface area (Å²) >= 11 is 1.88. The average molecular weight is 786 g/mol. The lowest BCUT2D eigenvalue weighted by Gasteiger charge is -2.25. The molecule has 0 bridgehead atoms. The summed E-state index contributed by atoms with van der Waals surface area (Å²) < 4.78 is 4.91. The molecule has 0 spiro atoms. The van der Waals surface area contributed by atoms with Gasteiger partial charge in [0.2, 0.25) is 0 Å². The number of aromatic nitrogens is 1. The zero-order valence-electron chi connectivity index (χ0n) is 33.0. The molecule has 284 valence electrons. The molecule has 3 nitrogen and oxygen atoms in total. The van der Waals surface area contributed by atoms with E-state index in [4.69, 9.17) is 0 Å². The highest BCUT2D eigenvalue weighted by Gasteiger charge is 2.22. The molecular formula is C56H39N3S. The quantitative estimate of drug-likeness (QED) is 0.175. The molecule has 0 saturated heterocycles. The number of hydrogen-bond acceptors (Lipinski definition) is 3. The second-order valence-corrected chi connectivity index (χ2v) is 16.8. The molecule has 8 aromatic carbocycles. The Hall–Kier alpha value is -7.45. The maximum Gasteiger partial charge on any atom is 0.0992 e. The molecule has 1 aliphatic carbocycles. The van der Waals surface area contributed by atoms with Crippen LogP contribution >= 0.6 is 11.3 Å². The monoisotopic (exact) mass is 785 g/mol. The molecule has 0 saturated carbocycles. The van der Waals surface area contributed by atoms with Crippen LogP contribution in [0.15, 0.2) is 200 Å². The number of thiophene rings is 1. The van der Waals surface area contributed by atoms with Gasteiger partial charge in [-0.25, -0.2) is 0 Å². The van der Waals surface area contributed by atoms with Crippen molar-refractivity contribution in [1.82, 2.24) is 4.57 Å². The smallest absolute Gasteiger partial charge is 0.0992 e. The molecule has 0 amide bonds. The Morgan fingerprint density at radius 3 is 2.20 bits per heavy atom. The highest BCUT2D eigenvalue weighted by Crippen LogP contribution is 2.43. The minimum Gasteiger partial charge on any atom is -0.355 e. The number of nitrogens with zero attached hydrogens (tertiary/aromatic N) is 2. The third-order valence-electron chi connectivity index (χ3n) is 12.1. The predicted molar refractivity (Wildman–Crippen MR) is 254 cm³/mol. The van der Waals surface area contributed by atoms with Crippen LogP contribution in [0.2, 0.25) is 0 Å². The SMILES string of the molecule is CC1C=C(c2ccc3c(c2)c2ccccc2n3-c2cccc(C#N)c2)C=CC1c1ccc(Nc2ccccc2)c(-c2cccc(-c3cccc4c3sc3ccccc34)c2)c1. The number of nitriles is 1. The van der Waals surface area contributed by atoms with Gasteiger partial charge in [0.1, 0.15) is 0 Å². The van der Waals surface area contributed by atoms with E-state index in [1.165, 1.54) is 69.9 Å². The van der Waals surface area contributed by atoms with Gasteiger partial charge in [-0.15, -0.1) is 11.3 Å². The largest absolute Gasteiger partial charge is 0.355 e. The van der Waals surface area contributed by atoms with E-state index in [0.717, 1.165) is 28.1 Å². The number of fused-ring (bicyclic) bond motifs is 6. The molecule has 2 atom stereocenters. The molecular weight excluding hydrogens is 747 g/mol. The number of hydrogen-bond donors (Lipinski definition) is 1. The lowest BCUT2D eigenvalue weighted by atomic mass is 9.80. The highest BCUT2D eigenvalue weighted by atomic mass is 32.1. The lowest BCUT2D eigenvalue weighted by molar-refractivity contribution is 0.638. The lowest BCUT2D eigenvalue weighted by Crippen LogP contribution is -2.09. The third kappa shape index (κ3) is 6.19. The molecule has 1 N–H and O–H groups in total. The van der Waals surface area contributed by atoms with Gasteiger partial charge in [0.05, 0.1) is 22.7 Å². The van der Waals surface area contributed by atoms with E-state index in [1.54, 1.807) is 0 Å². The zero-order valence-corrected chi connectivity index (χ0v) is 33.8. The van der Waals surface area contributed by atoms with E-state index >= 15 is 0 Å². The van der Waals surface area contributed by atoms with E-state index in [2.05, 4.69) is 205 Å². The molecule has 0 fully saturated rings. The number of para-hydroxylation sites is 2. The summed E-state index contributed by atoms with van der Waals surface area (Å²) in [5.74, 6) is 0.486. The number of nitrogens with one attached hydrogen (secondary N) is 1. The molecule has 2 heterocycles. The molecule has 60 heavy (non-hydrogen) atoms. The van der Waals surface area contributed by atoms with E-state index in [0.29, 0.717) is 5.56 Å². The van der Waals surface area contributed by atoms with Crippen LogP contribution in [0.4, 0.5) is 11.4 Å². The maximum atomic E-state index is 9.64. The number of rotatable bonds is 7. The molecule has 2 unspecified atom stereocenters. The van der Waals surface area contributed by atoms with Crippen molar-refractivity contribution in [3.8, 4) is 34.0 Å². The third-order valence-corrected chi connectivity index (χ3v) is 13.3. The van der Waals surface area contributed by atoms with Gasteiger partial charge in [0, 0.05) is 59.5 Å². The van der Waals surface area contributed by atoms with Crippen molar-refractivity contribution in [2.45, 2.75) is 12.8 Å². The normalized spacial score (nSPS) is 15.1. The summed E-state index contributed by atoms with van der Waals surface area (Å²) in [6, 6.07) is 67.4. The van der Waals surface area contributed by atoms with Gasteiger partial charge < -0.3 is 9.88 Å². The van der Waals surface area contributed by atoms with Gasteiger partial charge in [0.25, 0.3) is 0 Å². The molecule has 0 aliphatic heterocycles. The van der Waals surface area contributed by atoms with Gasteiger partial charge in [-0.2, -0.15) is 5.26 Å². The van der Waals surface area contributed by atoms with Crippen molar-refractivity contribution in [3.05, 3.63) is 217 Å². The molecule has 4 heteroatoms. The average Bonchev–Trinajstić information content (AvgIpc) is 3.85. The van der Waals surface area contributed by atoms with Crippen molar-refractivity contribution in [3.63, 3.8) is 0 Å². The van der Waals surface area contributed by atoms with Gasteiger partial charge in [-0.3, -0.25) is 0 Å². The first-order valence-electron chi connectivity index (χ1n) is 20.5. The highest BCUT2D eigenvalue weighted by molar-refractivity contribution is 7.26. The Morgan fingerprint density at radius 1 is 0.583 bits per heavy atom. The summed E-state index contributed by atoms with van der Waals surface area (Å²) in [4.78, 5) is 0. The van der Waals surface area contributed by atoms with Gasteiger partial charge >= 0.3 is 0 Å². The van der Waals surface area contributed by atoms with Crippen LogP contribution in [0.3, 0.4) is 0 Å². The second-order valence-electron chi connectivity index (χ2n) is 15.8. The Balaban J connectivity index is 0.957. The van der Waals surface area contributed by atoms with Gasteiger partial charge in [-0.05, 0) is 112 Å². The van der Waals surface area contributed by atoms with Gasteiger partial charge in [-0.1, -0.05) is 134 Å². The molecule has 10 aromatic rings. The number of benzene rings is 8. The maximum absolute atomic E-state index is 9.64. The first-order valence-corrected chi connectivity index (χ1v) is 21.3. The molecule has 2 aromatic heterocycles. The Bertz CT molecular complexity index is 3390. The summed E-state index contributed by atoms with van der Waals surface area (Å²) in [5.41, 5.74) is 14.6. The zero-order chi connectivity index (χ0) is 40.2. The van der Waals surface area contributed by atoms with Crippen LogP contribution in [0.5, 0.6) is 0 Å². The number of anilines is 2. The fraction of sp³-hybridized carbons (Fsp3) is 0.0536. The molecule has 0 radical (unpaired) electrons.